The predicted octanol–water partition coefficient (Wildman–Crippen LogP) is 5.64. The Morgan fingerprint density at radius 3 is 1.63 bits per heavy atom. The van der Waals surface area contributed by atoms with Gasteiger partial charge in [-0.2, -0.15) is 5.26 Å². The van der Waals surface area contributed by atoms with E-state index in [0.29, 0.717) is 5.56 Å². The Morgan fingerprint density at radius 2 is 1.03 bits per heavy atom. The first kappa shape index (κ1) is 19.7. The average molecular weight is 445 g/mol. The lowest BCUT2D eigenvalue weighted by Gasteiger charge is -2.44. The van der Waals surface area contributed by atoms with E-state index in [0.717, 1.165) is 28.4 Å². The van der Waals surface area contributed by atoms with Crippen LogP contribution in [0.15, 0.2) is 121 Å². The van der Waals surface area contributed by atoms with Crippen molar-refractivity contribution >= 4 is 57.2 Å². The normalized spacial score (nSPS) is 12.9. The fraction of sp³-hybridized carbons (Fsp3) is 0. The van der Waals surface area contributed by atoms with Gasteiger partial charge in [0.05, 0.1) is 11.3 Å². The number of nitrogens with zero attached hydrogens (tertiary/aromatic N) is 3. The van der Waals surface area contributed by atoms with E-state index in [1.54, 1.807) is 0 Å². The zero-order chi connectivity index (χ0) is 23.4. The highest BCUT2D eigenvalue weighted by atomic mass is 15.2. The summed E-state index contributed by atoms with van der Waals surface area (Å²) in [5.74, 6) is 0. The van der Waals surface area contributed by atoms with E-state index in [9.17, 15) is 5.26 Å². The van der Waals surface area contributed by atoms with Crippen molar-refractivity contribution in [2.45, 2.75) is 0 Å². The smallest absolute Gasteiger partial charge is 0.252 e. The van der Waals surface area contributed by atoms with Gasteiger partial charge in [-0.1, -0.05) is 72.8 Å². The molecule has 0 saturated heterocycles. The molecule has 0 spiro atoms. The molecule has 0 aliphatic carbocycles. The van der Waals surface area contributed by atoms with E-state index in [-0.39, 0.29) is 6.71 Å². The van der Waals surface area contributed by atoms with Crippen LogP contribution in [0.5, 0.6) is 0 Å². The number of fused-ring (bicyclic) bond motifs is 4. The predicted molar refractivity (Wildman–Crippen MR) is 145 cm³/mol. The minimum atomic E-state index is 0.0422. The van der Waals surface area contributed by atoms with Crippen molar-refractivity contribution in [2.24, 2.45) is 0 Å². The second-order valence-corrected chi connectivity index (χ2v) is 8.90. The third-order valence-corrected chi connectivity index (χ3v) is 7.07. The van der Waals surface area contributed by atoms with Crippen molar-refractivity contribution in [2.75, 3.05) is 9.80 Å². The van der Waals surface area contributed by atoms with Crippen molar-refractivity contribution in [3.05, 3.63) is 127 Å². The first-order valence-corrected chi connectivity index (χ1v) is 11.8. The Hall–Kier alpha value is -4.75. The van der Waals surface area contributed by atoms with E-state index in [1.807, 2.05) is 18.2 Å². The fourth-order valence-electron chi connectivity index (χ4n) is 5.71. The summed E-state index contributed by atoms with van der Waals surface area (Å²) in [7, 11) is 0. The van der Waals surface area contributed by atoms with E-state index >= 15 is 0 Å². The number of para-hydroxylation sites is 4. The van der Waals surface area contributed by atoms with E-state index < -0.39 is 0 Å². The molecule has 0 radical (unpaired) electrons. The Morgan fingerprint density at radius 1 is 0.514 bits per heavy atom. The molecule has 2 aliphatic rings. The van der Waals surface area contributed by atoms with Crippen LogP contribution in [0.2, 0.25) is 0 Å². The van der Waals surface area contributed by atoms with Crippen molar-refractivity contribution in [3.63, 3.8) is 0 Å². The number of hydrogen-bond acceptors (Lipinski definition) is 3. The van der Waals surface area contributed by atoms with Crippen molar-refractivity contribution in [1.29, 1.82) is 5.26 Å². The van der Waals surface area contributed by atoms with Gasteiger partial charge in [-0.25, -0.2) is 0 Å². The molecule has 35 heavy (non-hydrogen) atoms. The molecule has 0 bridgehead atoms. The molecule has 2 heterocycles. The van der Waals surface area contributed by atoms with Crippen molar-refractivity contribution in [1.82, 2.24) is 0 Å². The van der Waals surface area contributed by atoms with Crippen molar-refractivity contribution < 1.29 is 0 Å². The Bertz CT molecular complexity index is 1610. The molecule has 0 saturated carbocycles. The van der Waals surface area contributed by atoms with Crippen LogP contribution < -0.4 is 26.2 Å². The van der Waals surface area contributed by atoms with Crippen LogP contribution in [0.4, 0.5) is 34.1 Å². The van der Waals surface area contributed by atoms with Gasteiger partial charge in [0.1, 0.15) is 6.07 Å². The number of hydrogen-bond donors (Lipinski definition) is 0. The molecule has 5 aromatic rings. The van der Waals surface area contributed by atoms with Gasteiger partial charge in [0.25, 0.3) is 6.71 Å². The van der Waals surface area contributed by atoms with Gasteiger partial charge < -0.3 is 9.80 Å². The summed E-state index contributed by atoms with van der Waals surface area (Å²) in [4.78, 5) is 4.60. The topological polar surface area (TPSA) is 30.3 Å². The summed E-state index contributed by atoms with van der Waals surface area (Å²) in [6.07, 6.45) is 0. The number of rotatable bonds is 2. The van der Waals surface area contributed by atoms with Gasteiger partial charge in [-0.05, 0) is 64.9 Å². The lowest BCUT2D eigenvalue weighted by molar-refractivity contribution is 1.24. The van der Waals surface area contributed by atoms with Crippen LogP contribution in [-0.2, 0) is 0 Å². The first-order chi connectivity index (χ1) is 17.4. The van der Waals surface area contributed by atoms with Gasteiger partial charge in [-0.15, -0.1) is 0 Å². The quantitative estimate of drug-likeness (QED) is 0.323. The maximum Gasteiger partial charge on any atom is 0.252 e. The number of anilines is 6. The summed E-state index contributed by atoms with van der Waals surface area (Å²) in [5, 5.41) is 10.3. The lowest BCUT2D eigenvalue weighted by atomic mass is 9.33. The molecule has 3 nitrogen and oxygen atoms in total. The van der Waals surface area contributed by atoms with Crippen LogP contribution in [-0.4, -0.2) is 6.71 Å². The largest absolute Gasteiger partial charge is 0.311 e. The zero-order valence-corrected chi connectivity index (χ0v) is 19.0. The molecule has 0 fully saturated rings. The SMILES string of the molecule is N#Cc1ccc2c3c1N(c1ccccc1)c1ccccc1B3c1ccccc1N2c1ccccc1. The second-order valence-electron chi connectivity index (χ2n) is 8.90. The summed E-state index contributed by atoms with van der Waals surface area (Å²) in [5.41, 5.74) is 10.9. The fourth-order valence-corrected chi connectivity index (χ4v) is 5.71. The molecule has 7 rings (SSSR count). The molecular formula is C31H20BN3. The Labute approximate surface area is 205 Å². The highest BCUT2D eigenvalue weighted by molar-refractivity contribution is 7.00. The number of benzene rings is 5. The maximum atomic E-state index is 10.3. The van der Waals surface area contributed by atoms with E-state index in [4.69, 9.17) is 0 Å². The summed E-state index contributed by atoms with van der Waals surface area (Å²) in [6.45, 7) is 0.0422. The monoisotopic (exact) mass is 445 g/mol. The first-order valence-electron chi connectivity index (χ1n) is 11.8. The maximum absolute atomic E-state index is 10.3. The standard InChI is InChI=1S/C31H20BN3/c33-21-22-19-20-29-30-31(22)35(24-13-5-2-6-14-24)28-18-10-8-16-26(28)32(30)25-15-7-9-17-27(25)34(29)23-11-3-1-4-12-23/h1-20H. The van der Waals surface area contributed by atoms with Crippen LogP contribution in [0, 0.1) is 11.3 Å². The van der Waals surface area contributed by atoms with Crippen LogP contribution in [0.3, 0.4) is 0 Å². The molecular weight excluding hydrogens is 425 g/mol. The molecule has 162 valence electrons. The third-order valence-electron chi connectivity index (χ3n) is 7.07. The lowest BCUT2D eigenvalue weighted by Crippen LogP contribution is -2.61. The highest BCUT2D eigenvalue weighted by Gasteiger charge is 2.43. The Balaban J connectivity index is 1.63. The van der Waals surface area contributed by atoms with Gasteiger partial charge in [0.2, 0.25) is 0 Å². The van der Waals surface area contributed by atoms with E-state index in [1.165, 1.54) is 22.1 Å². The molecule has 0 N–H and O–H groups in total. The summed E-state index contributed by atoms with van der Waals surface area (Å²) >= 11 is 0. The second kappa shape index (κ2) is 7.65. The molecule has 5 aromatic carbocycles. The Kier molecular flexibility index (Phi) is 4.31. The van der Waals surface area contributed by atoms with Crippen LogP contribution >= 0.6 is 0 Å². The molecule has 0 amide bonds. The molecule has 2 aliphatic heterocycles. The third kappa shape index (κ3) is 2.79. The molecule has 0 atom stereocenters. The summed E-state index contributed by atoms with van der Waals surface area (Å²) < 4.78 is 0. The number of nitriles is 1. The van der Waals surface area contributed by atoms with Gasteiger partial charge in [0, 0.05) is 28.4 Å². The van der Waals surface area contributed by atoms with Crippen molar-refractivity contribution in [3.8, 4) is 6.07 Å². The molecule has 4 heteroatoms. The zero-order valence-electron chi connectivity index (χ0n) is 19.0. The van der Waals surface area contributed by atoms with Gasteiger partial charge in [0.15, 0.2) is 0 Å². The van der Waals surface area contributed by atoms with Gasteiger partial charge >= 0.3 is 0 Å². The molecule has 0 unspecified atom stereocenters. The van der Waals surface area contributed by atoms with Crippen LogP contribution in [0.1, 0.15) is 5.56 Å². The minimum Gasteiger partial charge on any atom is -0.311 e. The molecule has 0 aromatic heterocycles. The van der Waals surface area contributed by atoms with Crippen LogP contribution in [0.25, 0.3) is 0 Å². The average Bonchev–Trinajstić information content (AvgIpc) is 2.94. The summed E-state index contributed by atoms with van der Waals surface area (Å²) in [6, 6.07) is 44.7. The van der Waals surface area contributed by atoms with E-state index in [2.05, 4.69) is 119 Å². The highest BCUT2D eigenvalue weighted by Crippen LogP contribution is 2.44. The van der Waals surface area contributed by atoms with Gasteiger partial charge in [-0.3, -0.25) is 0 Å². The minimum absolute atomic E-state index is 0.0422.